The van der Waals surface area contributed by atoms with Crippen LogP contribution < -0.4 is 10.5 Å². The van der Waals surface area contributed by atoms with Crippen molar-refractivity contribution in [3.05, 3.63) is 58.7 Å². The van der Waals surface area contributed by atoms with Gasteiger partial charge in [-0.25, -0.2) is 0 Å². The number of benzene rings is 2. The van der Waals surface area contributed by atoms with Crippen molar-refractivity contribution in [3.8, 4) is 11.6 Å². The molecule has 3 aromatic rings. The first-order chi connectivity index (χ1) is 9.74. The van der Waals surface area contributed by atoms with Crippen LogP contribution in [-0.4, -0.2) is 10.2 Å². The fraction of sp³-hybridized carbons (Fsp3) is 0.0667. The number of nitrogens with two attached hydrogens (primary N) is 1. The molecule has 4 nitrogen and oxygen atoms in total. The zero-order valence-corrected chi connectivity index (χ0v) is 12.2. The zero-order chi connectivity index (χ0) is 13.9. The van der Waals surface area contributed by atoms with Crippen LogP contribution in [0.1, 0.15) is 5.69 Å². The van der Waals surface area contributed by atoms with Gasteiger partial charge in [0.2, 0.25) is 5.88 Å². The molecule has 0 saturated carbocycles. The Hall–Kier alpha value is -1.98. The Bertz CT molecular complexity index is 744. The zero-order valence-electron chi connectivity index (χ0n) is 10.6. The van der Waals surface area contributed by atoms with E-state index >= 15 is 0 Å². The van der Waals surface area contributed by atoms with Gasteiger partial charge >= 0.3 is 0 Å². The molecule has 1 aromatic heterocycles. The van der Waals surface area contributed by atoms with Gasteiger partial charge in [0, 0.05) is 17.1 Å². The van der Waals surface area contributed by atoms with Gasteiger partial charge in [-0.15, -0.1) is 5.10 Å². The molecular weight excluding hydrogens is 318 g/mol. The molecule has 2 aromatic carbocycles. The smallest absolute Gasteiger partial charge is 0.238 e. The van der Waals surface area contributed by atoms with E-state index < -0.39 is 0 Å². The number of nitrogens with zero attached hydrogens (tertiary/aromatic N) is 2. The minimum atomic E-state index is 0.373. The van der Waals surface area contributed by atoms with Gasteiger partial charge in [-0.1, -0.05) is 28.1 Å². The molecule has 2 N–H and O–H groups in total. The number of rotatable bonds is 3. The van der Waals surface area contributed by atoms with Crippen LogP contribution in [0.4, 0.5) is 0 Å². The highest BCUT2D eigenvalue weighted by Crippen LogP contribution is 2.26. The SMILES string of the molecule is NCc1ccc(Oc2ccc3cc(Br)ccc3c2)nn1. The molecular formula is C15H12BrN3O. The van der Waals surface area contributed by atoms with Gasteiger partial charge in [0.1, 0.15) is 5.75 Å². The molecule has 3 rings (SSSR count). The first-order valence-corrected chi connectivity index (χ1v) is 6.94. The maximum Gasteiger partial charge on any atom is 0.238 e. The molecule has 1 heterocycles. The van der Waals surface area contributed by atoms with Gasteiger partial charge in [0.25, 0.3) is 0 Å². The molecule has 0 amide bonds. The molecule has 100 valence electrons. The van der Waals surface area contributed by atoms with E-state index in [1.54, 1.807) is 12.1 Å². The van der Waals surface area contributed by atoms with Crippen LogP contribution in [0.2, 0.25) is 0 Å². The molecule has 0 spiro atoms. The van der Waals surface area contributed by atoms with Gasteiger partial charge < -0.3 is 10.5 Å². The molecule has 0 aliphatic rings. The molecule has 0 radical (unpaired) electrons. The van der Waals surface area contributed by atoms with Crippen molar-refractivity contribution in [1.29, 1.82) is 0 Å². The summed E-state index contributed by atoms with van der Waals surface area (Å²) in [6.07, 6.45) is 0. The van der Waals surface area contributed by atoms with Crippen LogP contribution in [0.3, 0.4) is 0 Å². The van der Waals surface area contributed by atoms with E-state index in [4.69, 9.17) is 10.5 Å². The summed E-state index contributed by atoms with van der Waals surface area (Å²) in [7, 11) is 0. The van der Waals surface area contributed by atoms with E-state index in [2.05, 4.69) is 32.2 Å². The van der Waals surface area contributed by atoms with E-state index in [-0.39, 0.29) is 0 Å². The summed E-state index contributed by atoms with van der Waals surface area (Å²) in [5.41, 5.74) is 6.22. The number of aromatic nitrogens is 2. The molecule has 0 aliphatic carbocycles. The average Bonchev–Trinajstić information content (AvgIpc) is 2.48. The number of hydrogen-bond acceptors (Lipinski definition) is 4. The molecule has 0 fully saturated rings. The lowest BCUT2D eigenvalue weighted by atomic mass is 10.1. The third-order valence-electron chi connectivity index (χ3n) is 2.90. The second kappa shape index (κ2) is 5.56. The van der Waals surface area contributed by atoms with E-state index in [9.17, 15) is 0 Å². The van der Waals surface area contributed by atoms with Crippen molar-refractivity contribution in [3.63, 3.8) is 0 Å². The number of fused-ring (bicyclic) bond motifs is 1. The Kier molecular flexibility index (Phi) is 3.62. The summed E-state index contributed by atoms with van der Waals surface area (Å²) in [6.45, 7) is 0.373. The van der Waals surface area contributed by atoms with Gasteiger partial charge in [-0.05, 0) is 41.1 Å². The predicted molar refractivity (Wildman–Crippen MR) is 81.6 cm³/mol. The third kappa shape index (κ3) is 2.79. The minimum Gasteiger partial charge on any atom is -0.438 e. The maximum atomic E-state index is 5.69. The summed E-state index contributed by atoms with van der Waals surface area (Å²) < 4.78 is 6.75. The molecule has 0 unspecified atom stereocenters. The summed E-state index contributed by atoms with van der Waals surface area (Å²) in [5, 5.41) is 10.2. The average molecular weight is 330 g/mol. The molecule has 0 aliphatic heterocycles. The Morgan fingerprint density at radius 2 is 1.75 bits per heavy atom. The predicted octanol–water partition coefficient (Wildman–Crippen LogP) is 3.64. The van der Waals surface area contributed by atoms with Crippen molar-refractivity contribution in [2.45, 2.75) is 6.54 Å². The highest BCUT2D eigenvalue weighted by Gasteiger charge is 2.02. The van der Waals surface area contributed by atoms with Crippen LogP contribution in [0.15, 0.2) is 53.0 Å². The van der Waals surface area contributed by atoms with Crippen LogP contribution in [0.5, 0.6) is 11.6 Å². The van der Waals surface area contributed by atoms with Crippen LogP contribution in [0.25, 0.3) is 10.8 Å². The summed E-state index contributed by atoms with van der Waals surface area (Å²) in [6, 6.07) is 15.6. The Morgan fingerprint density at radius 1 is 0.950 bits per heavy atom. The normalized spacial score (nSPS) is 10.7. The highest BCUT2D eigenvalue weighted by molar-refractivity contribution is 9.10. The van der Waals surface area contributed by atoms with Gasteiger partial charge in [-0.2, -0.15) is 5.10 Å². The molecule has 0 atom stereocenters. The maximum absolute atomic E-state index is 5.69. The van der Waals surface area contributed by atoms with Crippen molar-refractivity contribution in [2.75, 3.05) is 0 Å². The topological polar surface area (TPSA) is 61.0 Å². The van der Waals surface area contributed by atoms with E-state index in [1.165, 1.54) is 0 Å². The Morgan fingerprint density at radius 3 is 2.50 bits per heavy atom. The largest absolute Gasteiger partial charge is 0.438 e. The first kappa shape index (κ1) is 13.0. The van der Waals surface area contributed by atoms with Crippen molar-refractivity contribution < 1.29 is 4.74 Å². The second-order valence-electron chi connectivity index (χ2n) is 4.32. The van der Waals surface area contributed by atoms with Crippen molar-refractivity contribution in [2.24, 2.45) is 5.73 Å². The number of hydrogen-bond donors (Lipinski definition) is 1. The lowest BCUT2D eigenvalue weighted by Crippen LogP contribution is -2.01. The van der Waals surface area contributed by atoms with Crippen LogP contribution >= 0.6 is 15.9 Å². The Balaban J connectivity index is 1.88. The number of halogens is 1. The fourth-order valence-corrected chi connectivity index (χ4v) is 2.27. The second-order valence-corrected chi connectivity index (χ2v) is 5.24. The van der Waals surface area contributed by atoms with Crippen LogP contribution in [0, 0.1) is 0 Å². The minimum absolute atomic E-state index is 0.373. The fourth-order valence-electron chi connectivity index (χ4n) is 1.89. The van der Waals surface area contributed by atoms with Gasteiger partial charge in [-0.3, -0.25) is 0 Å². The summed E-state index contributed by atoms with van der Waals surface area (Å²) in [4.78, 5) is 0. The lowest BCUT2D eigenvalue weighted by Gasteiger charge is -2.06. The lowest BCUT2D eigenvalue weighted by molar-refractivity contribution is 0.454. The molecule has 5 heteroatoms. The Labute approximate surface area is 124 Å². The van der Waals surface area contributed by atoms with E-state index in [1.807, 2.05) is 30.3 Å². The highest BCUT2D eigenvalue weighted by atomic mass is 79.9. The summed E-state index contributed by atoms with van der Waals surface area (Å²) >= 11 is 3.46. The third-order valence-corrected chi connectivity index (χ3v) is 3.39. The molecule has 0 bridgehead atoms. The van der Waals surface area contributed by atoms with E-state index in [0.717, 1.165) is 26.7 Å². The monoisotopic (exact) mass is 329 g/mol. The molecule has 0 saturated heterocycles. The quantitative estimate of drug-likeness (QED) is 0.796. The van der Waals surface area contributed by atoms with Gasteiger partial charge in [0.15, 0.2) is 0 Å². The van der Waals surface area contributed by atoms with Crippen molar-refractivity contribution in [1.82, 2.24) is 10.2 Å². The van der Waals surface area contributed by atoms with Crippen LogP contribution in [-0.2, 0) is 6.54 Å². The standard InChI is InChI=1S/C15H12BrN3O/c16-12-3-1-11-8-14(5-2-10(11)7-12)20-15-6-4-13(9-17)18-19-15/h1-8H,9,17H2. The number of ether oxygens (including phenoxy) is 1. The first-order valence-electron chi connectivity index (χ1n) is 6.14. The van der Waals surface area contributed by atoms with Gasteiger partial charge in [0.05, 0.1) is 5.69 Å². The summed E-state index contributed by atoms with van der Waals surface area (Å²) in [5.74, 6) is 1.19. The molecule has 20 heavy (non-hydrogen) atoms. The van der Waals surface area contributed by atoms with Crippen molar-refractivity contribution >= 4 is 26.7 Å². The van der Waals surface area contributed by atoms with E-state index in [0.29, 0.717) is 12.4 Å².